The third-order valence-electron chi connectivity index (χ3n) is 3.05. The van der Waals surface area contributed by atoms with Gasteiger partial charge in [0.1, 0.15) is 5.54 Å². The molecule has 0 aliphatic heterocycles. The fourth-order valence-corrected chi connectivity index (χ4v) is 1.28. The first-order valence-electron chi connectivity index (χ1n) is 5.84. The van der Waals surface area contributed by atoms with Gasteiger partial charge < -0.3 is 5.32 Å². The standard InChI is InChI=1S/C12H23N3O/c1-6-15(7-2)8-11(16)14-12(5,9-13)10(3)4/h10H,6-8H2,1-5H3,(H,14,16). The molecule has 0 aliphatic carbocycles. The van der Waals surface area contributed by atoms with Crippen LogP contribution in [0.3, 0.4) is 0 Å². The molecule has 0 radical (unpaired) electrons. The monoisotopic (exact) mass is 225 g/mol. The first kappa shape index (κ1) is 14.9. The van der Waals surface area contributed by atoms with E-state index in [4.69, 9.17) is 5.26 Å². The van der Waals surface area contributed by atoms with Crippen LogP contribution in [-0.2, 0) is 4.79 Å². The molecule has 0 aromatic rings. The van der Waals surface area contributed by atoms with E-state index in [0.29, 0.717) is 6.54 Å². The summed E-state index contributed by atoms with van der Waals surface area (Å²) in [6.07, 6.45) is 0. The predicted octanol–water partition coefficient (Wildman–Crippen LogP) is 1.38. The van der Waals surface area contributed by atoms with E-state index in [2.05, 4.69) is 11.4 Å². The summed E-state index contributed by atoms with van der Waals surface area (Å²) in [5.41, 5.74) is -0.774. The van der Waals surface area contributed by atoms with Gasteiger partial charge in [0.05, 0.1) is 12.6 Å². The van der Waals surface area contributed by atoms with Crippen LogP contribution in [0.5, 0.6) is 0 Å². The quantitative estimate of drug-likeness (QED) is 0.743. The van der Waals surface area contributed by atoms with Crippen molar-refractivity contribution >= 4 is 5.91 Å². The fraction of sp³-hybridized carbons (Fsp3) is 0.833. The molecule has 0 spiro atoms. The molecular weight excluding hydrogens is 202 g/mol. The van der Waals surface area contributed by atoms with Crippen molar-refractivity contribution in [2.24, 2.45) is 5.92 Å². The van der Waals surface area contributed by atoms with Crippen molar-refractivity contribution < 1.29 is 4.79 Å². The number of carbonyl (C=O) groups is 1. The zero-order chi connectivity index (χ0) is 12.8. The van der Waals surface area contributed by atoms with Gasteiger partial charge in [0.15, 0.2) is 0 Å². The van der Waals surface area contributed by atoms with E-state index in [9.17, 15) is 4.79 Å². The lowest BCUT2D eigenvalue weighted by Crippen LogP contribution is -2.51. The SMILES string of the molecule is CCN(CC)CC(=O)NC(C)(C#N)C(C)C. The van der Waals surface area contributed by atoms with Crippen LogP contribution >= 0.6 is 0 Å². The Balaban J connectivity index is 4.39. The number of nitrogens with one attached hydrogen (secondary N) is 1. The van der Waals surface area contributed by atoms with Crippen LogP contribution in [0.15, 0.2) is 0 Å². The van der Waals surface area contributed by atoms with Crippen LogP contribution in [0, 0.1) is 17.2 Å². The van der Waals surface area contributed by atoms with Crippen molar-refractivity contribution in [1.29, 1.82) is 5.26 Å². The van der Waals surface area contributed by atoms with Crippen molar-refractivity contribution in [2.45, 2.75) is 40.2 Å². The molecule has 4 nitrogen and oxygen atoms in total. The Hall–Kier alpha value is -1.08. The minimum absolute atomic E-state index is 0.0820. The fourth-order valence-electron chi connectivity index (χ4n) is 1.28. The Bertz CT molecular complexity index is 266. The highest BCUT2D eigenvalue weighted by Crippen LogP contribution is 2.14. The molecule has 1 atom stereocenters. The number of carbonyl (C=O) groups excluding carboxylic acids is 1. The van der Waals surface area contributed by atoms with Crippen molar-refractivity contribution in [2.75, 3.05) is 19.6 Å². The Kier molecular flexibility index (Phi) is 6.05. The number of nitriles is 1. The molecule has 92 valence electrons. The molecule has 0 heterocycles. The molecule has 16 heavy (non-hydrogen) atoms. The summed E-state index contributed by atoms with van der Waals surface area (Å²) < 4.78 is 0. The molecule has 0 bridgehead atoms. The number of rotatable bonds is 6. The summed E-state index contributed by atoms with van der Waals surface area (Å²) in [7, 11) is 0. The zero-order valence-electron chi connectivity index (χ0n) is 11.0. The Morgan fingerprint density at radius 3 is 2.25 bits per heavy atom. The van der Waals surface area contributed by atoms with Gasteiger partial charge >= 0.3 is 0 Å². The van der Waals surface area contributed by atoms with Crippen LogP contribution in [0.1, 0.15) is 34.6 Å². The molecule has 1 N–H and O–H groups in total. The van der Waals surface area contributed by atoms with E-state index < -0.39 is 5.54 Å². The van der Waals surface area contributed by atoms with E-state index in [0.717, 1.165) is 13.1 Å². The lowest BCUT2D eigenvalue weighted by atomic mass is 9.90. The van der Waals surface area contributed by atoms with Crippen molar-refractivity contribution in [3.05, 3.63) is 0 Å². The molecule has 0 aliphatic rings. The third kappa shape index (κ3) is 4.19. The van der Waals surface area contributed by atoms with Gasteiger partial charge in [-0.25, -0.2) is 0 Å². The van der Waals surface area contributed by atoms with Gasteiger partial charge in [-0.15, -0.1) is 0 Å². The van der Waals surface area contributed by atoms with Crippen LogP contribution < -0.4 is 5.32 Å². The number of hydrogen-bond acceptors (Lipinski definition) is 3. The molecule has 0 aromatic carbocycles. The second-order valence-electron chi connectivity index (χ2n) is 4.48. The van der Waals surface area contributed by atoms with Gasteiger partial charge in [-0.05, 0) is 25.9 Å². The first-order valence-corrected chi connectivity index (χ1v) is 5.84. The average Bonchev–Trinajstić information content (AvgIpc) is 2.25. The third-order valence-corrected chi connectivity index (χ3v) is 3.05. The minimum Gasteiger partial charge on any atom is -0.337 e. The average molecular weight is 225 g/mol. The van der Waals surface area contributed by atoms with Gasteiger partial charge in [-0.1, -0.05) is 27.7 Å². The second-order valence-corrected chi connectivity index (χ2v) is 4.48. The molecule has 4 heteroatoms. The molecule has 0 saturated heterocycles. The summed E-state index contributed by atoms with van der Waals surface area (Å²) in [5.74, 6) is 0.0135. The molecular formula is C12H23N3O. The smallest absolute Gasteiger partial charge is 0.235 e. The molecule has 0 saturated carbocycles. The van der Waals surface area contributed by atoms with Gasteiger partial charge in [-0.2, -0.15) is 5.26 Å². The number of nitrogens with zero attached hydrogens (tertiary/aromatic N) is 2. The maximum atomic E-state index is 11.7. The van der Waals surface area contributed by atoms with E-state index in [1.54, 1.807) is 6.92 Å². The van der Waals surface area contributed by atoms with E-state index in [1.165, 1.54) is 0 Å². The summed E-state index contributed by atoms with van der Waals surface area (Å²) in [5, 5.41) is 11.9. The lowest BCUT2D eigenvalue weighted by Gasteiger charge is -2.28. The Morgan fingerprint density at radius 2 is 1.94 bits per heavy atom. The largest absolute Gasteiger partial charge is 0.337 e. The maximum Gasteiger partial charge on any atom is 0.235 e. The zero-order valence-corrected chi connectivity index (χ0v) is 11.0. The second kappa shape index (κ2) is 6.49. The molecule has 1 amide bonds. The van der Waals surface area contributed by atoms with Crippen LogP contribution in [0.2, 0.25) is 0 Å². The number of likely N-dealkylation sites (N-methyl/N-ethyl adjacent to an activating group) is 1. The van der Waals surface area contributed by atoms with Crippen LogP contribution in [0.4, 0.5) is 0 Å². The van der Waals surface area contributed by atoms with E-state index in [1.807, 2.05) is 32.6 Å². The van der Waals surface area contributed by atoms with Crippen molar-refractivity contribution in [3.8, 4) is 6.07 Å². The highest BCUT2D eigenvalue weighted by atomic mass is 16.2. The Labute approximate surface area is 98.6 Å². The summed E-state index contributed by atoms with van der Waals surface area (Å²) in [4.78, 5) is 13.8. The predicted molar refractivity (Wildman–Crippen MR) is 64.8 cm³/mol. The molecule has 0 rings (SSSR count). The molecule has 0 aromatic heterocycles. The molecule has 1 unspecified atom stereocenters. The normalized spacial score (nSPS) is 14.6. The summed E-state index contributed by atoms with van der Waals surface area (Å²) >= 11 is 0. The molecule has 0 fully saturated rings. The number of hydrogen-bond donors (Lipinski definition) is 1. The maximum absolute atomic E-state index is 11.7. The highest BCUT2D eigenvalue weighted by Gasteiger charge is 2.30. The lowest BCUT2D eigenvalue weighted by molar-refractivity contribution is -0.123. The minimum atomic E-state index is -0.774. The van der Waals surface area contributed by atoms with Gasteiger partial charge in [0.2, 0.25) is 5.91 Å². The summed E-state index contributed by atoms with van der Waals surface area (Å²) in [6, 6.07) is 2.17. The van der Waals surface area contributed by atoms with Gasteiger partial charge in [0, 0.05) is 0 Å². The van der Waals surface area contributed by atoms with Crippen LogP contribution in [-0.4, -0.2) is 36.0 Å². The van der Waals surface area contributed by atoms with Gasteiger partial charge in [0.25, 0.3) is 0 Å². The van der Waals surface area contributed by atoms with E-state index in [-0.39, 0.29) is 11.8 Å². The van der Waals surface area contributed by atoms with Gasteiger partial charge in [-0.3, -0.25) is 9.69 Å². The highest BCUT2D eigenvalue weighted by molar-refractivity contribution is 5.79. The van der Waals surface area contributed by atoms with E-state index >= 15 is 0 Å². The Morgan fingerprint density at radius 1 is 1.44 bits per heavy atom. The van der Waals surface area contributed by atoms with Crippen molar-refractivity contribution in [1.82, 2.24) is 10.2 Å². The van der Waals surface area contributed by atoms with Crippen molar-refractivity contribution in [3.63, 3.8) is 0 Å². The van der Waals surface area contributed by atoms with Crippen LogP contribution in [0.25, 0.3) is 0 Å². The first-order chi connectivity index (χ1) is 7.39. The number of amides is 1. The summed E-state index contributed by atoms with van der Waals surface area (Å²) in [6.45, 7) is 11.7. The topological polar surface area (TPSA) is 56.1 Å².